The Labute approximate surface area is 135 Å². The first kappa shape index (κ1) is 14.7. The lowest BCUT2D eigenvalue weighted by Gasteiger charge is -2.31. The van der Waals surface area contributed by atoms with Crippen LogP contribution >= 0.6 is 0 Å². The Balaban J connectivity index is 1.35. The lowest BCUT2D eigenvalue weighted by atomic mass is 9.96. The third-order valence-corrected chi connectivity index (χ3v) is 4.93. The van der Waals surface area contributed by atoms with Crippen LogP contribution in [0.3, 0.4) is 0 Å². The smallest absolute Gasteiger partial charge is 0.225 e. The van der Waals surface area contributed by atoms with Crippen LogP contribution in [0.5, 0.6) is 0 Å². The normalized spacial score (nSPS) is 22.8. The standard InChI is InChI=1S/C18H22N2O3/c21-17(12-14-4-3-11-22-14)20-9-7-13(8-10-20)18-19-15-5-1-2-6-16(15)23-18/h1-2,5-6,13-14H,3-4,7-12H2/t14-/m1/s1. The third kappa shape index (κ3) is 3.11. The van der Waals surface area contributed by atoms with Crippen molar-refractivity contribution in [2.45, 2.75) is 44.1 Å². The van der Waals surface area contributed by atoms with Crippen LogP contribution in [0.25, 0.3) is 11.1 Å². The molecule has 2 fully saturated rings. The van der Waals surface area contributed by atoms with E-state index in [0.29, 0.717) is 12.3 Å². The van der Waals surface area contributed by atoms with E-state index >= 15 is 0 Å². The first-order valence-electron chi connectivity index (χ1n) is 8.54. The monoisotopic (exact) mass is 314 g/mol. The van der Waals surface area contributed by atoms with Crippen LogP contribution < -0.4 is 0 Å². The Morgan fingerprint density at radius 3 is 2.78 bits per heavy atom. The van der Waals surface area contributed by atoms with Crippen LogP contribution in [0.15, 0.2) is 28.7 Å². The number of aromatic nitrogens is 1. The predicted molar refractivity (Wildman–Crippen MR) is 86.2 cm³/mol. The summed E-state index contributed by atoms with van der Waals surface area (Å²) in [5.74, 6) is 1.36. The summed E-state index contributed by atoms with van der Waals surface area (Å²) >= 11 is 0. The molecule has 0 saturated carbocycles. The van der Waals surface area contributed by atoms with Crippen molar-refractivity contribution >= 4 is 17.0 Å². The molecule has 1 atom stereocenters. The summed E-state index contributed by atoms with van der Waals surface area (Å²) in [4.78, 5) is 18.9. The van der Waals surface area contributed by atoms with Gasteiger partial charge < -0.3 is 14.1 Å². The summed E-state index contributed by atoms with van der Waals surface area (Å²) in [6.45, 7) is 2.38. The molecule has 23 heavy (non-hydrogen) atoms. The number of hydrogen-bond acceptors (Lipinski definition) is 4. The lowest BCUT2D eigenvalue weighted by Crippen LogP contribution is -2.39. The molecule has 0 aliphatic carbocycles. The largest absolute Gasteiger partial charge is 0.440 e. The van der Waals surface area contributed by atoms with Gasteiger partial charge in [0.15, 0.2) is 11.5 Å². The van der Waals surface area contributed by atoms with Crippen LogP contribution in [-0.4, -0.2) is 41.6 Å². The minimum absolute atomic E-state index is 0.136. The molecule has 0 N–H and O–H groups in total. The van der Waals surface area contributed by atoms with Crippen molar-refractivity contribution in [1.82, 2.24) is 9.88 Å². The van der Waals surface area contributed by atoms with Crippen molar-refractivity contribution in [3.05, 3.63) is 30.2 Å². The zero-order chi connectivity index (χ0) is 15.6. The molecule has 0 bridgehead atoms. The first-order valence-corrected chi connectivity index (χ1v) is 8.54. The van der Waals surface area contributed by atoms with Crippen LogP contribution in [0.1, 0.15) is 43.9 Å². The Morgan fingerprint density at radius 1 is 1.22 bits per heavy atom. The minimum Gasteiger partial charge on any atom is -0.440 e. The van der Waals surface area contributed by atoms with Crippen molar-refractivity contribution in [2.24, 2.45) is 0 Å². The number of carbonyl (C=O) groups is 1. The van der Waals surface area contributed by atoms with E-state index in [1.54, 1.807) is 0 Å². The highest BCUT2D eigenvalue weighted by Gasteiger charge is 2.29. The topological polar surface area (TPSA) is 55.6 Å². The Kier molecular flexibility index (Phi) is 4.04. The number of likely N-dealkylation sites (tertiary alicyclic amines) is 1. The SMILES string of the molecule is O=C(C[C@H]1CCCO1)N1CCC(c2nc3ccccc3o2)CC1. The fourth-order valence-electron chi connectivity index (χ4n) is 3.57. The molecule has 0 spiro atoms. The van der Waals surface area contributed by atoms with E-state index in [1.807, 2.05) is 29.2 Å². The van der Waals surface area contributed by atoms with Gasteiger partial charge in [0.1, 0.15) is 5.52 Å². The number of benzene rings is 1. The van der Waals surface area contributed by atoms with Gasteiger partial charge in [0, 0.05) is 25.6 Å². The summed E-state index contributed by atoms with van der Waals surface area (Å²) in [5, 5.41) is 0. The highest BCUT2D eigenvalue weighted by Crippen LogP contribution is 2.30. The number of oxazole rings is 1. The van der Waals surface area contributed by atoms with E-state index in [0.717, 1.165) is 62.4 Å². The molecule has 5 nitrogen and oxygen atoms in total. The molecule has 1 aromatic heterocycles. The highest BCUT2D eigenvalue weighted by atomic mass is 16.5. The molecule has 2 aliphatic heterocycles. The van der Waals surface area contributed by atoms with Crippen LogP contribution in [0.2, 0.25) is 0 Å². The zero-order valence-electron chi connectivity index (χ0n) is 13.2. The van der Waals surface area contributed by atoms with Gasteiger partial charge in [0.25, 0.3) is 0 Å². The van der Waals surface area contributed by atoms with Gasteiger partial charge in [-0.2, -0.15) is 0 Å². The van der Waals surface area contributed by atoms with Gasteiger partial charge in [-0.25, -0.2) is 4.98 Å². The zero-order valence-corrected chi connectivity index (χ0v) is 13.2. The van der Waals surface area contributed by atoms with Crippen molar-refractivity contribution in [1.29, 1.82) is 0 Å². The maximum Gasteiger partial charge on any atom is 0.225 e. The first-order chi connectivity index (χ1) is 11.3. The molecular formula is C18H22N2O3. The number of ether oxygens (including phenoxy) is 1. The van der Waals surface area contributed by atoms with E-state index in [4.69, 9.17) is 9.15 Å². The van der Waals surface area contributed by atoms with E-state index in [9.17, 15) is 4.79 Å². The molecular weight excluding hydrogens is 292 g/mol. The molecule has 2 aliphatic rings. The summed E-state index contributed by atoms with van der Waals surface area (Å²) < 4.78 is 11.4. The molecule has 2 aromatic rings. The van der Waals surface area contributed by atoms with Crippen molar-refractivity contribution < 1.29 is 13.9 Å². The van der Waals surface area contributed by atoms with Crippen LogP contribution in [-0.2, 0) is 9.53 Å². The number of rotatable bonds is 3. The fraction of sp³-hybridized carbons (Fsp3) is 0.556. The van der Waals surface area contributed by atoms with E-state index in [2.05, 4.69) is 4.98 Å². The van der Waals surface area contributed by atoms with Crippen LogP contribution in [0.4, 0.5) is 0 Å². The maximum atomic E-state index is 12.3. The van der Waals surface area contributed by atoms with Gasteiger partial charge in [0.05, 0.1) is 12.5 Å². The fourth-order valence-corrected chi connectivity index (χ4v) is 3.57. The van der Waals surface area contributed by atoms with Crippen molar-refractivity contribution in [3.63, 3.8) is 0 Å². The second kappa shape index (κ2) is 6.32. The number of hydrogen-bond donors (Lipinski definition) is 0. The Morgan fingerprint density at radius 2 is 2.04 bits per heavy atom. The second-order valence-corrected chi connectivity index (χ2v) is 6.51. The lowest BCUT2D eigenvalue weighted by molar-refractivity contribution is -0.134. The van der Waals surface area contributed by atoms with E-state index < -0.39 is 0 Å². The predicted octanol–water partition coefficient (Wildman–Crippen LogP) is 3.10. The summed E-state index contributed by atoms with van der Waals surface area (Å²) in [7, 11) is 0. The molecule has 3 heterocycles. The number of carbonyl (C=O) groups excluding carboxylic acids is 1. The van der Waals surface area contributed by atoms with E-state index in [1.165, 1.54) is 0 Å². The number of nitrogens with zero attached hydrogens (tertiary/aromatic N) is 2. The Hall–Kier alpha value is -1.88. The summed E-state index contributed by atoms with van der Waals surface area (Å²) in [6.07, 6.45) is 4.61. The molecule has 4 rings (SSSR count). The van der Waals surface area contributed by atoms with Crippen molar-refractivity contribution in [3.8, 4) is 0 Å². The van der Waals surface area contributed by atoms with Gasteiger partial charge in [-0.05, 0) is 37.8 Å². The van der Waals surface area contributed by atoms with Gasteiger partial charge in [0.2, 0.25) is 5.91 Å². The molecule has 0 unspecified atom stereocenters. The maximum absolute atomic E-state index is 12.3. The van der Waals surface area contributed by atoms with Gasteiger partial charge in [-0.3, -0.25) is 4.79 Å². The quantitative estimate of drug-likeness (QED) is 0.873. The number of piperidine rings is 1. The molecule has 0 radical (unpaired) electrons. The summed E-state index contributed by atoms with van der Waals surface area (Å²) in [6, 6.07) is 7.86. The highest BCUT2D eigenvalue weighted by molar-refractivity contribution is 5.77. The molecule has 122 valence electrons. The molecule has 1 aromatic carbocycles. The van der Waals surface area contributed by atoms with Gasteiger partial charge in [-0.15, -0.1) is 0 Å². The number of para-hydroxylation sites is 2. The molecule has 2 saturated heterocycles. The Bertz CT molecular complexity index is 649. The third-order valence-electron chi connectivity index (χ3n) is 4.93. The van der Waals surface area contributed by atoms with Crippen molar-refractivity contribution in [2.75, 3.05) is 19.7 Å². The number of fused-ring (bicyclic) bond motifs is 1. The average molecular weight is 314 g/mol. The second-order valence-electron chi connectivity index (χ2n) is 6.51. The number of amides is 1. The minimum atomic E-state index is 0.136. The van der Waals surface area contributed by atoms with Crippen LogP contribution in [0, 0.1) is 0 Å². The average Bonchev–Trinajstić information content (AvgIpc) is 3.24. The van der Waals surface area contributed by atoms with Gasteiger partial charge in [-0.1, -0.05) is 12.1 Å². The van der Waals surface area contributed by atoms with Gasteiger partial charge >= 0.3 is 0 Å². The molecule has 5 heteroatoms. The summed E-state index contributed by atoms with van der Waals surface area (Å²) in [5.41, 5.74) is 1.76. The molecule has 1 amide bonds. The van der Waals surface area contributed by atoms with E-state index in [-0.39, 0.29) is 12.0 Å².